The maximum atomic E-state index is 9.84. The van der Waals surface area contributed by atoms with Gasteiger partial charge in [-0.15, -0.1) is 0 Å². The molecule has 0 saturated carbocycles. The van der Waals surface area contributed by atoms with Crippen LogP contribution >= 0.6 is 0 Å². The minimum absolute atomic E-state index is 0.0898. The fourth-order valence-electron chi connectivity index (χ4n) is 2.46. The molecule has 1 aliphatic heterocycles. The van der Waals surface area contributed by atoms with Gasteiger partial charge in [0.25, 0.3) is 0 Å². The SMILES string of the molecule is CC(C)CCOc1ccc(CN(C)[C@@H]2COC[C@H]2O)cc1. The van der Waals surface area contributed by atoms with E-state index in [2.05, 4.69) is 30.9 Å². The molecule has 1 aromatic rings. The quantitative estimate of drug-likeness (QED) is 0.837. The van der Waals surface area contributed by atoms with Gasteiger partial charge in [0.1, 0.15) is 5.75 Å². The van der Waals surface area contributed by atoms with Gasteiger partial charge in [-0.25, -0.2) is 0 Å². The van der Waals surface area contributed by atoms with Crippen molar-refractivity contribution >= 4 is 0 Å². The van der Waals surface area contributed by atoms with Gasteiger partial charge in [-0.05, 0) is 37.1 Å². The van der Waals surface area contributed by atoms with Gasteiger partial charge in [-0.2, -0.15) is 0 Å². The van der Waals surface area contributed by atoms with E-state index < -0.39 is 0 Å². The number of likely N-dealkylation sites (N-methyl/N-ethyl adjacent to an activating group) is 1. The van der Waals surface area contributed by atoms with Crippen molar-refractivity contribution in [1.29, 1.82) is 0 Å². The lowest BCUT2D eigenvalue weighted by Gasteiger charge is -2.25. The Balaban J connectivity index is 1.81. The lowest BCUT2D eigenvalue weighted by molar-refractivity contribution is 0.0925. The molecule has 0 aromatic heterocycles. The second-order valence-electron chi connectivity index (χ2n) is 6.26. The third-order valence-corrected chi connectivity index (χ3v) is 3.91. The summed E-state index contributed by atoms with van der Waals surface area (Å²) in [7, 11) is 2.02. The van der Waals surface area contributed by atoms with Crippen molar-refractivity contribution in [3.05, 3.63) is 29.8 Å². The van der Waals surface area contributed by atoms with E-state index in [1.807, 2.05) is 19.2 Å². The number of hydrogen-bond donors (Lipinski definition) is 1. The first kappa shape index (κ1) is 16.3. The van der Waals surface area contributed by atoms with Gasteiger partial charge in [0.2, 0.25) is 0 Å². The lowest BCUT2D eigenvalue weighted by atomic mass is 10.1. The average Bonchev–Trinajstić information content (AvgIpc) is 2.87. The van der Waals surface area contributed by atoms with Crippen molar-refractivity contribution in [2.75, 3.05) is 26.9 Å². The van der Waals surface area contributed by atoms with Crippen molar-refractivity contribution in [3.63, 3.8) is 0 Å². The number of rotatable bonds is 7. The fourth-order valence-corrected chi connectivity index (χ4v) is 2.46. The first-order valence-corrected chi connectivity index (χ1v) is 7.74. The van der Waals surface area contributed by atoms with E-state index in [0.717, 1.165) is 25.3 Å². The molecule has 1 saturated heterocycles. The molecule has 1 N–H and O–H groups in total. The maximum absolute atomic E-state index is 9.84. The highest BCUT2D eigenvalue weighted by Gasteiger charge is 2.29. The van der Waals surface area contributed by atoms with E-state index in [1.54, 1.807) is 0 Å². The third kappa shape index (κ3) is 4.99. The molecule has 0 aliphatic carbocycles. The van der Waals surface area contributed by atoms with Crippen molar-refractivity contribution in [1.82, 2.24) is 4.90 Å². The molecule has 2 atom stereocenters. The van der Waals surface area contributed by atoms with Crippen LogP contribution in [0.1, 0.15) is 25.8 Å². The fraction of sp³-hybridized carbons (Fsp3) is 0.647. The molecule has 0 radical (unpaired) electrons. The van der Waals surface area contributed by atoms with Gasteiger partial charge in [0, 0.05) is 6.54 Å². The van der Waals surface area contributed by atoms with Crippen LogP contribution in [0.2, 0.25) is 0 Å². The topological polar surface area (TPSA) is 41.9 Å². The van der Waals surface area contributed by atoms with Crippen molar-refractivity contribution in [2.24, 2.45) is 5.92 Å². The van der Waals surface area contributed by atoms with Crippen LogP contribution in [-0.2, 0) is 11.3 Å². The van der Waals surface area contributed by atoms with Crippen LogP contribution in [0.3, 0.4) is 0 Å². The minimum atomic E-state index is -0.381. The third-order valence-electron chi connectivity index (χ3n) is 3.91. The molecule has 2 rings (SSSR count). The summed E-state index contributed by atoms with van der Waals surface area (Å²) in [5, 5.41) is 9.84. The summed E-state index contributed by atoms with van der Waals surface area (Å²) in [5.41, 5.74) is 1.22. The summed E-state index contributed by atoms with van der Waals surface area (Å²) >= 11 is 0. The normalized spacial score (nSPS) is 22.2. The molecule has 21 heavy (non-hydrogen) atoms. The molecule has 4 heteroatoms. The molecule has 0 bridgehead atoms. The largest absolute Gasteiger partial charge is 0.494 e. The Bertz CT molecular complexity index is 419. The standard InChI is InChI=1S/C17H27NO3/c1-13(2)8-9-21-15-6-4-14(5-7-15)10-18(3)16-11-20-12-17(16)19/h4-7,13,16-17,19H,8-12H2,1-3H3/t16-,17-/m1/s1. The summed E-state index contributed by atoms with van der Waals surface area (Å²) in [4.78, 5) is 2.15. The summed E-state index contributed by atoms with van der Waals surface area (Å²) in [6, 6.07) is 8.30. The Morgan fingerprint density at radius 1 is 1.29 bits per heavy atom. The molecule has 1 aromatic carbocycles. The van der Waals surface area contributed by atoms with Crippen LogP contribution in [-0.4, -0.2) is 49.0 Å². The van der Waals surface area contributed by atoms with Crippen LogP contribution in [0.15, 0.2) is 24.3 Å². The van der Waals surface area contributed by atoms with Crippen molar-refractivity contribution < 1.29 is 14.6 Å². The second-order valence-corrected chi connectivity index (χ2v) is 6.26. The molecular formula is C17H27NO3. The number of ether oxygens (including phenoxy) is 2. The summed E-state index contributed by atoms with van der Waals surface area (Å²) in [5.74, 6) is 1.59. The Morgan fingerprint density at radius 3 is 2.57 bits per heavy atom. The first-order chi connectivity index (χ1) is 10.1. The van der Waals surface area contributed by atoms with E-state index in [9.17, 15) is 5.11 Å². The van der Waals surface area contributed by atoms with Crippen LogP contribution in [0.5, 0.6) is 5.75 Å². The highest BCUT2D eigenvalue weighted by Crippen LogP contribution is 2.17. The molecule has 0 amide bonds. The second kappa shape index (κ2) is 7.78. The van der Waals surface area contributed by atoms with Crippen LogP contribution in [0, 0.1) is 5.92 Å². The average molecular weight is 293 g/mol. The van der Waals surface area contributed by atoms with Gasteiger partial charge < -0.3 is 14.6 Å². The van der Waals surface area contributed by atoms with E-state index in [0.29, 0.717) is 19.1 Å². The first-order valence-electron chi connectivity index (χ1n) is 7.74. The molecule has 4 nitrogen and oxygen atoms in total. The van der Waals surface area contributed by atoms with E-state index >= 15 is 0 Å². The zero-order valence-corrected chi connectivity index (χ0v) is 13.3. The predicted molar refractivity (Wildman–Crippen MR) is 83.5 cm³/mol. The van der Waals surface area contributed by atoms with Crippen molar-refractivity contribution in [3.8, 4) is 5.75 Å². The smallest absolute Gasteiger partial charge is 0.119 e. The molecular weight excluding hydrogens is 266 g/mol. The number of nitrogens with zero attached hydrogens (tertiary/aromatic N) is 1. The Morgan fingerprint density at radius 2 is 2.00 bits per heavy atom. The van der Waals surface area contributed by atoms with Crippen LogP contribution < -0.4 is 4.74 Å². The number of aliphatic hydroxyl groups is 1. The zero-order valence-electron chi connectivity index (χ0n) is 13.3. The van der Waals surface area contributed by atoms with E-state index in [-0.39, 0.29) is 12.1 Å². The number of benzene rings is 1. The van der Waals surface area contributed by atoms with Gasteiger partial charge in [0.15, 0.2) is 0 Å². The summed E-state index contributed by atoms with van der Waals surface area (Å²) in [6.07, 6.45) is 0.693. The molecule has 1 fully saturated rings. The lowest BCUT2D eigenvalue weighted by Crippen LogP contribution is -2.39. The van der Waals surface area contributed by atoms with Crippen LogP contribution in [0.25, 0.3) is 0 Å². The molecule has 1 heterocycles. The zero-order chi connectivity index (χ0) is 15.2. The minimum Gasteiger partial charge on any atom is -0.494 e. The summed E-state index contributed by atoms with van der Waals surface area (Å²) < 4.78 is 11.0. The molecule has 0 unspecified atom stereocenters. The Labute approximate surface area is 127 Å². The molecule has 118 valence electrons. The van der Waals surface area contributed by atoms with Crippen LogP contribution in [0.4, 0.5) is 0 Å². The summed E-state index contributed by atoms with van der Waals surface area (Å²) in [6.45, 7) is 7.01. The number of hydrogen-bond acceptors (Lipinski definition) is 4. The monoisotopic (exact) mass is 293 g/mol. The highest BCUT2D eigenvalue weighted by molar-refractivity contribution is 5.27. The predicted octanol–water partition coefficient (Wildman–Crippen LogP) is 2.30. The number of aliphatic hydroxyl groups excluding tert-OH is 1. The van der Waals surface area contributed by atoms with E-state index in [1.165, 1.54) is 5.56 Å². The Hall–Kier alpha value is -1.10. The molecule has 0 spiro atoms. The highest BCUT2D eigenvalue weighted by atomic mass is 16.5. The Kier molecular flexibility index (Phi) is 6.03. The van der Waals surface area contributed by atoms with Crippen molar-refractivity contribution in [2.45, 2.75) is 39.0 Å². The van der Waals surface area contributed by atoms with Gasteiger partial charge in [-0.3, -0.25) is 4.90 Å². The van der Waals surface area contributed by atoms with E-state index in [4.69, 9.17) is 9.47 Å². The van der Waals surface area contributed by atoms with Gasteiger partial charge >= 0.3 is 0 Å². The van der Waals surface area contributed by atoms with Gasteiger partial charge in [-0.1, -0.05) is 26.0 Å². The molecule has 1 aliphatic rings. The maximum Gasteiger partial charge on any atom is 0.119 e. The van der Waals surface area contributed by atoms with Gasteiger partial charge in [0.05, 0.1) is 32.0 Å².